The molecule has 29 heavy (non-hydrogen) atoms. The molecule has 0 bridgehead atoms. The second kappa shape index (κ2) is 9.92. The first-order chi connectivity index (χ1) is 13.6. The van der Waals surface area contributed by atoms with E-state index in [0.717, 1.165) is 10.9 Å². The molecular weight excluding hydrogens is 432 g/mol. The first kappa shape index (κ1) is 22.9. The van der Waals surface area contributed by atoms with Crippen molar-refractivity contribution in [3.63, 3.8) is 0 Å². The minimum Gasteiger partial charge on any atom is -0.483 e. The third kappa shape index (κ3) is 6.89. The van der Waals surface area contributed by atoms with Gasteiger partial charge < -0.3 is 15.4 Å². The minimum atomic E-state index is -0.370. The molecule has 0 saturated heterocycles. The SMILES string of the molecule is CCC(C)c1ccc(OCC(=O)Nc2ccccc2C(=O)NC(C)(C)C)c(Br)c1. The summed E-state index contributed by atoms with van der Waals surface area (Å²) in [6.45, 7) is 9.88. The summed E-state index contributed by atoms with van der Waals surface area (Å²) < 4.78 is 6.47. The molecular formula is C23H29BrN2O3. The van der Waals surface area contributed by atoms with Crippen LogP contribution in [0.2, 0.25) is 0 Å². The van der Waals surface area contributed by atoms with Crippen LogP contribution in [0.25, 0.3) is 0 Å². The summed E-state index contributed by atoms with van der Waals surface area (Å²) in [4.78, 5) is 24.9. The Kier molecular flexibility index (Phi) is 7.85. The molecule has 0 saturated carbocycles. The molecule has 0 fully saturated rings. The molecule has 5 nitrogen and oxygen atoms in total. The Balaban J connectivity index is 2.03. The Morgan fingerprint density at radius 1 is 1.14 bits per heavy atom. The number of anilines is 1. The van der Waals surface area contributed by atoms with Gasteiger partial charge in [0.25, 0.3) is 11.8 Å². The van der Waals surface area contributed by atoms with Crippen LogP contribution in [-0.2, 0) is 4.79 Å². The predicted molar refractivity (Wildman–Crippen MR) is 121 cm³/mol. The van der Waals surface area contributed by atoms with Gasteiger partial charge in [-0.15, -0.1) is 0 Å². The largest absolute Gasteiger partial charge is 0.483 e. The van der Waals surface area contributed by atoms with Crippen molar-refractivity contribution >= 4 is 33.4 Å². The quantitative estimate of drug-likeness (QED) is 0.572. The van der Waals surface area contributed by atoms with Crippen molar-refractivity contribution in [3.8, 4) is 5.75 Å². The van der Waals surface area contributed by atoms with Gasteiger partial charge in [0.1, 0.15) is 5.75 Å². The highest BCUT2D eigenvalue weighted by Crippen LogP contribution is 2.30. The van der Waals surface area contributed by atoms with Gasteiger partial charge in [0.15, 0.2) is 6.61 Å². The van der Waals surface area contributed by atoms with Crippen LogP contribution in [0, 0.1) is 0 Å². The van der Waals surface area contributed by atoms with Crippen molar-refractivity contribution in [3.05, 3.63) is 58.1 Å². The fourth-order valence-corrected chi connectivity index (χ4v) is 3.21. The summed E-state index contributed by atoms with van der Waals surface area (Å²) in [6, 6.07) is 12.8. The van der Waals surface area contributed by atoms with E-state index in [2.05, 4.69) is 40.4 Å². The smallest absolute Gasteiger partial charge is 0.262 e. The minimum absolute atomic E-state index is 0.156. The van der Waals surface area contributed by atoms with E-state index in [4.69, 9.17) is 4.74 Å². The number of benzene rings is 2. The number of hydrogen-bond acceptors (Lipinski definition) is 3. The van der Waals surface area contributed by atoms with Crippen molar-refractivity contribution in [2.24, 2.45) is 0 Å². The first-order valence-electron chi connectivity index (χ1n) is 9.74. The molecule has 2 aromatic rings. The predicted octanol–water partition coefficient (Wildman–Crippen LogP) is 5.51. The van der Waals surface area contributed by atoms with Crippen molar-refractivity contribution in [2.45, 2.75) is 52.5 Å². The van der Waals surface area contributed by atoms with Gasteiger partial charge >= 0.3 is 0 Å². The molecule has 0 aliphatic heterocycles. The fourth-order valence-electron chi connectivity index (χ4n) is 2.70. The highest BCUT2D eigenvalue weighted by molar-refractivity contribution is 9.10. The zero-order valence-corrected chi connectivity index (χ0v) is 19.2. The van der Waals surface area contributed by atoms with Gasteiger partial charge in [-0.25, -0.2) is 0 Å². The lowest BCUT2D eigenvalue weighted by Gasteiger charge is -2.21. The summed E-state index contributed by atoms with van der Waals surface area (Å²) in [7, 11) is 0. The van der Waals surface area contributed by atoms with Gasteiger partial charge in [-0.2, -0.15) is 0 Å². The van der Waals surface area contributed by atoms with Crippen LogP contribution >= 0.6 is 15.9 Å². The van der Waals surface area contributed by atoms with Crippen molar-refractivity contribution in [1.82, 2.24) is 5.32 Å². The molecule has 2 amide bonds. The molecule has 156 valence electrons. The number of hydrogen-bond donors (Lipinski definition) is 2. The maximum absolute atomic E-state index is 12.5. The first-order valence-corrected chi connectivity index (χ1v) is 10.5. The Labute approximate surface area is 181 Å². The molecule has 0 spiro atoms. The Hall–Kier alpha value is -2.34. The number of rotatable bonds is 7. The number of para-hydroxylation sites is 1. The third-order valence-electron chi connectivity index (χ3n) is 4.43. The van der Waals surface area contributed by atoms with E-state index in [9.17, 15) is 9.59 Å². The zero-order chi connectivity index (χ0) is 21.6. The van der Waals surface area contributed by atoms with Crippen LogP contribution in [0.1, 0.15) is 62.9 Å². The molecule has 6 heteroatoms. The van der Waals surface area contributed by atoms with E-state index in [1.807, 2.05) is 39.0 Å². The van der Waals surface area contributed by atoms with Crippen LogP contribution in [0.5, 0.6) is 5.75 Å². The van der Waals surface area contributed by atoms with E-state index in [1.165, 1.54) is 5.56 Å². The number of nitrogens with one attached hydrogen (secondary N) is 2. The van der Waals surface area contributed by atoms with Crippen LogP contribution in [-0.4, -0.2) is 24.0 Å². The Morgan fingerprint density at radius 3 is 2.45 bits per heavy atom. The maximum atomic E-state index is 12.5. The monoisotopic (exact) mass is 460 g/mol. The average molecular weight is 461 g/mol. The lowest BCUT2D eigenvalue weighted by Crippen LogP contribution is -2.41. The Morgan fingerprint density at radius 2 is 1.83 bits per heavy atom. The lowest BCUT2D eigenvalue weighted by molar-refractivity contribution is -0.118. The molecule has 0 radical (unpaired) electrons. The van der Waals surface area contributed by atoms with E-state index in [1.54, 1.807) is 24.3 Å². The summed E-state index contributed by atoms with van der Waals surface area (Å²) in [5.74, 6) is 0.488. The van der Waals surface area contributed by atoms with E-state index < -0.39 is 0 Å². The van der Waals surface area contributed by atoms with Gasteiger partial charge in [0.2, 0.25) is 0 Å². The number of ether oxygens (including phenoxy) is 1. The molecule has 2 rings (SSSR count). The van der Waals surface area contributed by atoms with Gasteiger partial charge in [0, 0.05) is 5.54 Å². The molecule has 0 aliphatic rings. The molecule has 0 heterocycles. The molecule has 2 N–H and O–H groups in total. The lowest BCUT2D eigenvalue weighted by atomic mass is 9.99. The molecule has 0 aromatic heterocycles. The van der Waals surface area contributed by atoms with Gasteiger partial charge in [-0.05, 0) is 78.9 Å². The van der Waals surface area contributed by atoms with Crippen LogP contribution in [0.4, 0.5) is 5.69 Å². The van der Waals surface area contributed by atoms with Crippen molar-refractivity contribution in [1.29, 1.82) is 0 Å². The fraction of sp³-hybridized carbons (Fsp3) is 0.391. The highest BCUT2D eigenvalue weighted by Gasteiger charge is 2.19. The average Bonchev–Trinajstić information content (AvgIpc) is 2.65. The molecule has 1 atom stereocenters. The van der Waals surface area contributed by atoms with E-state index in [0.29, 0.717) is 22.9 Å². The highest BCUT2D eigenvalue weighted by atomic mass is 79.9. The third-order valence-corrected chi connectivity index (χ3v) is 5.05. The van der Waals surface area contributed by atoms with Gasteiger partial charge in [-0.1, -0.05) is 32.0 Å². The van der Waals surface area contributed by atoms with Crippen molar-refractivity contribution in [2.75, 3.05) is 11.9 Å². The maximum Gasteiger partial charge on any atom is 0.262 e. The van der Waals surface area contributed by atoms with Crippen LogP contribution in [0.15, 0.2) is 46.9 Å². The number of carbonyl (C=O) groups is 2. The standard InChI is InChI=1S/C23H29BrN2O3/c1-6-15(2)16-11-12-20(18(24)13-16)29-14-21(27)25-19-10-8-7-9-17(19)22(28)26-23(3,4)5/h7-13,15H,6,14H2,1-5H3,(H,25,27)(H,26,28). The zero-order valence-electron chi connectivity index (χ0n) is 17.6. The molecule has 2 aromatic carbocycles. The van der Waals surface area contributed by atoms with E-state index in [-0.39, 0.29) is 24.0 Å². The number of amides is 2. The van der Waals surface area contributed by atoms with Crippen molar-refractivity contribution < 1.29 is 14.3 Å². The normalized spacial score (nSPS) is 12.2. The topological polar surface area (TPSA) is 67.4 Å². The van der Waals surface area contributed by atoms with E-state index >= 15 is 0 Å². The summed E-state index contributed by atoms with van der Waals surface area (Å²) >= 11 is 3.51. The summed E-state index contributed by atoms with van der Waals surface area (Å²) in [5.41, 5.74) is 1.71. The number of halogens is 1. The van der Waals surface area contributed by atoms with Crippen LogP contribution < -0.4 is 15.4 Å². The van der Waals surface area contributed by atoms with Crippen LogP contribution in [0.3, 0.4) is 0 Å². The number of carbonyl (C=O) groups excluding carboxylic acids is 2. The summed E-state index contributed by atoms with van der Waals surface area (Å²) in [5, 5.41) is 5.67. The second-order valence-corrected chi connectivity index (χ2v) is 8.94. The van der Waals surface area contributed by atoms with Gasteiger partial charge in [-0.3, -0.25) is 9.59 Å². The van der Waals surface area contributed by atoms with Gasteiger partial charge in [0.05, 0.1) is 15.7 Å². The molecule has 1 unspecified atom stereocenters. The Bertz CT molecular complexity index is 875. The second-order valence-electron chi connectivity index (χ2n) is 8.09. The molecule has 0 aliphatic carbocycles. The summed E-state index contributed by atoms with van der Waals surface area (Å²) in [6.07, 6.45) is 1.05.